The lowest BCUT2D eigenvalue weighted by molar-refractivity contribution is -0.134. The summed E-state index contributed by atoms with van der Waals surface area (Å²) < 4.78 is 0. The van der Waals surface area contributed by atoms with E-state index in [0.717, 1.165) is 44.1 Å². The molecule has 2 saturated heterocycles. The van der Waals surface area contributed by atoms with E-state index in [1.54, 1.807) is 0 Å². The third-order valence-electron chi connectivity index (χ3n) is 6.91. The predicted molar refractivity (Wildman–Crippen MR) is 128 cm³/mol. The molecule has 32 heavy (non-hydrogen) atoms. The molecule has 2 aliphatic rings. The molecular weight excluding hydrogens is 398 g/mol. The first-order valence-corrected chi connectivity index (χ1v) is 12.2. The van der Waals surface area contributed by atoms with Gasteiger partial charge in [-0.2, -0.15) is 0 Å². The Morgan fingerprint density at radius 3 is 2.28 bits per heavy atom. The molecule has 5 heteroatoms. The van der Waals surface area contributed by atoms with Crippen molar-refractivity contribution in [2.45, 2.75) is 50.8 Å². The van der Waals surface area contributed by atoms with Gasteiger partial charge in [-0.3, -0.25) is 4.79 Å². The number of carbonyl (C=O) groups excluding carboxylic acids is 1. The third-order valence-corrected chi connectivity index (χ3v) is 6.91. The predicted octanol–water partition coefficient (Wildman–Crippen LogP) is 3.08. The van der Waals surface area contributed by atoms with Crippen LogP contribution in [0.1, 0.15) is 36.8 Å². The molecule has 0 radical (unpaired) electrons. The van der Waals surface area contributed by atoms with Gasteiger partial charge in [0.25, 0.3) is 0 Å². The SMILES string of the molecule is O=C([C@@H]1C[C@@H](O)CN1)N(CCCN1CCC(Cc2ccccc2)CC1)Cc1ccccc1. The van der Waals surface area contributed by atoms with Gasteiger partial charge in [-0.15, -0.1) is 0 Å². The Labute approximate surface area is 192 Å². The van der Waals surface area contributed by atoms with Crippen LogP contribution in [0.3, 0.4) is 0 Å². The summed E-state index contributed by atoms with van der Waals surface area (Å²) in [7, 11) is 0. The maximum Gasteiger partial charge on any atom is 0.240 e. The Morgan fingerprint density at radius 2 is 1.66 bits per heavy atom. The highest BCUT2D eigenvalue weighted by atomic mass is 16.3. The number of benzene rings is 2. The zero-order valence-electron chi connectivity index (χ0n) is 19.0. The van der Waals surface area contributed by atoms with Gasteiger partial charge in [0.1, 0.15) is 0 Å². The summed E-state index contributed by atoms with van der Waals surface area (Å²) in [6.45, 7) is 5.24. The van der Waals surface area contributed by atoms with E-state index >= 15 is 0 Å². The quantitative estimate of drug-likeness (QED) is 0.636. The van der Waals surface area contributed by atoms with Gasteiger partial charge in [-0.25, -0.2) is 0 Å². The Hall–Kier alpha value is -2.21. The van der Waals surface area contributed by atoms with Crippen LogP contribution < -0.4 is 5.32 Å². The molecule has 2 aliphatic heterocycles. The molecule has 2 aromatic rings. The smallest absolute Gasteiger partial charge is 0.240 e. The fourth-order valence-electron chi connectivity index (χ4n) is 5.04. The molecule has 2 fully saturated rings. The molecule has 5 nitrogen and oxygen atoms in total. The van der Waals surface area contributed by atoms with Crippen molar-refractivity contribution >= 4 is 5.91 Å². The molecule has 1 amide bonds. The molecular formula is C27H37N3O2. The maximum atomic E-state index is 13.1. The van der Waals surface area contributed by atoms with Crippen LogP contribution in [0, 0.1) is 5.92 Å². The summed E-state index contributed by atoms with van der Waals surface area (Å²) >= 11 is 0. The van der Waals surface area contributed by atoms with Crippen molar-refractivity contribution in [1.29, 1.82) is 0 Å². The topological polar surface area (TPSA) is 55.8 Å². The number of piperidine rings is 1. The van der Waals surface area contributed by atoms with E-state index in [1.165, 1.54) is 24.8 Å². The van der Waals surface area contributed by atoms with Gasteiger partial charge >= 0.3 is 0 Å². The first kappa shape index (κ1) is 23.0. The maximum absolute atomic E-state index is 13.1. The molecule has 4 rings (SSSR count). The number of aliphatic hydroxyl groups is 1. The summed E-state index contributed by atoms with van der Waals surface area (Å²) in [4.78, 5) is 17.7. The van der Waals surface area contributed by atoms with Crippen molar-refractivity contribution in [3.8, 4) is 0 Å². The molecule has 0 unspecified atom stereocenters. The van der Waals surface area contributed by atoms with Gasteiger partial charge in [0.05, 0.1) is 12.1 Å². The highest BCUT2D eigenvalue weighted by molar-refractivity contribution is 5.82. The first-order valence-electron chi connectivity index (χ1n) is 12.2. The minimum Gasteiger partial charge on any atom is -0.392 e. The summed E-state index contributed by atoms with van der Waals surface area (Å²) in [6, 6.07) is 20.8. The molecule has 0 saturated carbocycles. The van der Waals surface area contributed by atoms with E-state index < -0.39 is 6.10 Å². The van der Waals surface area contributed by atoms with E-state index in [1.807, 2.05) is 23.1 Å². The summed E-state index contributed by atoms with van der Waals surface area (Å²) in [5, 5.41) is 13.0. The Balaban J connectivity index is 1.24. The molecule has 0 bridgehead atoms. The lowest BCUT2D eigenvalue weighted by Crippen LogP contribution is -2.44. The molecule has 172 valence electrons. The zero-order chi connectivity index (χ0) is 22.2. The zero-order valence-corrected chi connectivity index (χ0v) is 19.0. The lowest BCUT2D eigenvalue weighted by Gasteiger charge is -2.33. The number of nitrogens with zero attached hydrogens (tertiary/aromatic N) is 2. The van der Waals surface area contributed by atoms with Crippen LogP contribution in [0.25, 0.3) is 0 Å². The summed E-state index contributed by atoms with van der Waals surface area (Å²) in [5.41, 5.74) is 2.60. The number of likely N-dealkylation sites (tertiary alicyclic amines) is 1. The molecule has 0 aliphatic carbocycles. The second-order valence-electron chi connectivity index (χ2n) is 9.42. The minimum atomic E-state index is -0.417. The number of aliphatic hydroxyl groups excluding tert-OH is 1. The Kier molecular flexibility index (Phi) is 8.32. The normalized spacial score (nSPS) is 22.2. The summed E-state index contributed by atoms with van der Waals surface area (Å²) in [6.07, 6.45) is 4.78. The number of amides is 1. The van der Waals surface area contributed by atoms with Crippen molar-refractivity contribution in [1.82, 2.24) is 15.1 Å². The number of rotatable bonds is 9. The van der Waals surface area contributed by atoms with Crippen LogP contribution in [-0.4, -0.2) is 65.7 Å². The van der Waals surface area contributed by atoms with Crippen LogP contribution in [-0.2, 0) is 17.8 Å². The minimum absolute atomic E-state index is 0.118. The highest BCUT2D eigenvalue weighted by Gasteiger charge is 2.31. The average molecular weight is 436 g/mol. The van der Waals surface area contributed by atoms with Gasteiger partial charge in [0.2, 0.25) is 5.91 Å². The first-order chi connectivity index (χ1) is 15.7. The van der Waals surface area contributed by atoms with Crippen LogP contribution >= 0.6 is 0 Å². The van der Waals surface area contributed by atoms with E-state index in [0.29, 0.717) is 19.5 Å². The lowest BCUT2D eigenvalue weighted by atomic mass is 9.90. The Morgan fingerprint density at radius 1 is 1.00 bits per heavy atom. The average Bonchev–Trinajstić information content (AvgIpc) is 3.27. The van der Waals surface area contributed by atoms with Crippen LogP contribution in [0.15, 0.2) is 60.7 Å². The highest BCUT2D eigenvalue weighted by Crippen LogP contribution is 2.22. The van der Waals surface area contributed by atoms with E-state index in [-0.39, 0.29) is 11.9 Å². The standard InChI is InChI=1S/C27H37N3O2/c31-25-19-26(28-20-25)27(32)30(21-24-10-5-2-6-11-24)15-7-14-29-16-12-23(13-17-29)18-22-8-3-1-4-9-22/h1-6,8-11,23,25-26,28,31H,7,12-21H2/t25-,26+/m1/s1. The van der Waals surface area contributed by atoms with E-state index in [4.69, 9.17) is 0 Å². The van der Waals surface area contributed by atoms with Crippen molar-refractivity contribution < 1.29 is 9.90 Å². The number of hydrogen-bond acceptors (Lipinski definition) is 4. The van der Waals surface area contributed by atoms with E-state index in [9.17, 15) is 9.90 Å². The van der Waals surface area contributed by atoms with Gasteiger partial charge in [-0.1, -0.05) is 60.7 Å². The molecule has 0 aromatic heterocycles. The van der Waals surface area contributed by atoms with Gasteiger partial charge in [-0.05, 0) is 68.8 Å². The molecule has 2 heterocycles. The fourth-order valence-corrected chi connectivity index (χ4v) is 5.04. The second kappa shape index (κ2) is 11.6. The largest absolute Gasteiger partial charge is 0.392 e. The van der Waals surface area contributed by atoms with Crippen molar-refractivity contribution in [3.63, 3.8) is 0 Å². The molecule has 2 aromatic carbocycles. The number of β-amino-alcohol motifs (C(OH)–C–C–N with tert-alkyl or cyclic N) is 1. The van der Waals surface area contributed by atoms with Crippen molar-refractivity contribution in [2.75, 3.05) is 32.7 Å². The second-order valence-corrected chi connectivity index (χ2v) is 9.42. The Bertz CT molecular complexity index is 821. The van der Waals surface area contributed by atoms with Crippen molar-refractivity contribution in [2.24, 2.45) is 5.92 Å². The fraction of sp³-hybridized carbons (Fsp3) is 0.519. The molecule has 0 spiro atoms. The monoisotopic (exact) mass is 435 g/mol. The number of nitrogens with one attached hydrogen (secondary N) is 1. The molecule has 2 atom stereocenters. The van der Waals surface area contributed by atoms with Crippen LogP contribution in [0.5, 0.6) is 0 Å². The van der Waals surface area contributed by atoms with Crippen molar-refractivity contribution in [3.05, 3.63) is 71.8 Å². The third kappa shape index (κ3) is 6.64. The summed E-state index contributed by atoms with van der Waals surface area (Å²) in [5.74, 6) is 0.900. The van der Waals surface area contributed by atoms with Crippen LogP contribution in [0.4, 0.5) is 0 Å². The number of carbonyl (C=O) groups is 1. The van der Waals surface area contributed by atoms with Crippen LogP contribution in [0.2, 0.25) is 0 Å². The number of hydrogen-bond donors (Lipinski definition) is 2. The van der Waals surface area contributed by atoms with Gasteiger partial charge in [0.15, 0.2) is 0 Å². The van der Waals surface area contributed by atoms with Gasteiger partial charge < -0.3 is 20.2 Å². The van der Waals surface area contributed by atoms with E-state index in [2.05, 4.69) is 52.7 Å². The molecule has 2 N–H and O–H groups in total. The van der Waals surface area contributed by atoms with Gasteiger partial charge in [0, 0.05) is 19.6 Å².